The van der Waals surface area contributed by atoms with E-state index >= 15 is 0 Å². The maximum Gasteiger partial charge on any atom is 0.109 e. The van der Waals surface area contributed by atoms with Crippen molar-refractivity contribution in [2.75, 3.05) is 0 Å². The molecule has 0 unspecified atom stereocenters. The van der Waals surface area contributed by atoms with Crippen LogP contribution in [0.3, 0.4) is 0 Å². The molecule has 0 atom stereocenters. The molecule has 1 heterocycles. The van der Waals surface area contributed by atoms with Crippen molar-refractivity contribution >= 4 is 11.0 Å². The molecule has 1 aromatic heterocycles. The molecule has 3 nitrogen and oxygen atoms in total. The molecule has 3 heteroatoms. The van der Waals surface area contributed by atoms with Crippen molar-refractivity contribution < 1.29 is 0 Å². The van der Waals surface area contributed by atoms with Crippen LogP contribution in [0.2, 0.25) is 0 Å². The first-order valence-corrected chi connectivity index (χ1v) is 5.63. The van der Waals surface area contributed by atoms with Crippen LogP contribution >= 0.6 is 0 Å². The standard InChI is InChI=1S/C13H13N3/c1-16-12-6-10(8-14)4-5-11(12)15-13(16)7-9-2-3-9/h4-6,9H,2-3,7H2,1H3. The fourth-order valence-electron chi connectivity index (χ4n) is 2.07. The highest BCUT2D eigenvalue weighted by molar-refractivity contribution is 5.77. The summed E-state index contributed by atoms with van der Waals surface area (Å²) in [5.74, 6) is 1.98. The minimum absolute atomic E-state index is 0.702. The van der Waals surface area contributed by atoms with Crippen LogP contribution < -0.4 is 0 Å². The van der Waals surface area contributed by atoms with Gasteiger partial charge in [-0.25, -0.2) is 4.98 Å². The van der Waals surface area contributed by atoms with E-state index in [4.69, 9.17) is 5.26 Å². The van der Waals surface area contributed by atoms with Crippen molar-refractivity contribution in [3.8, 4) is 6.07 Å². The Bertz CT molecular complexity index is 585. The van der Waals surface area contributed by atoms with Crippen molar-refractivity contribution in [1.29, 1.82) is 5.26 Å². The summed E-state index contributed by atoms with van der Waals surface area (Å²) in [7, 11) is 2.04. The van der Waals surface area contributed by atoms with E-state index in [9.17, 15) is 0 Å². The SMILES string of the molecule is Cn1c(CC2CC2)nc2ccc(C#N)cc21. The molecule has 0 radical (unpaired) electrons. The number of hydrogen-bond donors (Lipinski definition) is 0. The minimum Gasteiger partial charge on any atom is -0.331 e. The van der Waals surface area contributed by atoms with Gasteiger partial charge in [0, 0.05) is 13.5 Å². The highest BCUT2D eigenvalue weighted by Crippen LogP contribution is 2.32. The second-order valence-electron chi connectivity index (χ2n) is 4.55. The molecule has 1 saturated carbocycles. The predicted molar refractivity (Wildman–Crippen MR) is 61.9 cm³/mol. The Hall–Kier alpha value is -1.82. The maximum absolute atomic E-state index is 8.87. The highest BCUT2D eigenvalue weighted by atomic mass is 15.1. The number of rotatable bonds is 2. The topological polar surface area (TPSA) is 41.6 Å². The third kappa shape index (κ3) is 1.47. The Morgan fingerprint density at radius 3 is 3.00 bits per heavy atom. The van der Waals surface area contributed by atoms with Gasteiger partial charge in [-0.15, -0.1) is 0 Å². The molecule has 80 valence electrons. The molecule has 1 aromatic carbocycles. The minimum atomic E-state index is 0.702. The van der Waals surface area contributed by atoms with Gasteiger partial charge in [-0.2, -0.15) is 5.26 Å². The number of aryl methyl sites for hydroxylation is 1. The summed E-state index contributed by atoms with van der Waals surface area (Å²) in [6.07, 6.45) is 3.76. The normalized spacial score (nSPS) is 15.2. The molecule has 16 heavy (non-hydrogen) atoms. The van der Waals surface area contributed by atoms with Gasteiger partial charge in [-0.05, 0) is 37.0 Å². The molecular formula is C13H13N3. The summed E-state index contributed by atoms with van der Waals surface area (Å²) < 4.78 is 2.12. The first-order chi connectivity index (χ1) is 7.78. The fourth-order valence-corrected chi connectivity index (χ4v) is 2.07. The molecule has 0 spiro atoms. The fraction of sp³-hybridized carbons (Fsp3) is 0.385. The lowest BCUT2D eigenvalue weighted by atomic mass is 10.2. The summed E-state index contributed by atoms with van der Waals surface area (Å²) in [6, 6.07) is 7.85. The van der Waals surface area contributed by atoms with E-state index in [2.05, 4.69) is 15.6 Å². The zero-order valence-corrected chi connectivity index (χ0v) is 9.27. The molecule has 1 aliphatic rings. The van der Waals surface area contributed by atoms with E-state index in [0.29, 0.717) is 5.56 Å². The molecule has 0 saturated heterocycles. The lowest BCUT2D eigenvalue weighted by molar-refractivity contribution is 0.727. The number of fused-ring (bicyclic) bond motifs is 1. The first-order valence-electron chi connectivity index (χ1n) is 5.63. The molecule has 1 fully saturated rings. The van der Waals surface area contributed by atoms with E-state index < -0.39 is 0 Å². The van der Waals surface area contributed by atoms with Crippen LogP contribution in [0.5, 0.6) is 0 Å². The molecule has 1 aliphatic carbocycles. The zero-order valence-electron chi connectivity index (χ0n) is 9.27. The zero-order chi connectivity index (χ0) is 11.1. The van der Waals surface area contributed by atoms with Crippen molar-refractivity contribution in [3.05, 3.63) is 29.6 Å². The first kappa shape index (κ1) is 9.41. The van der Waals surface area contributed by atoms with Crippen LogP contribution in [0, 0.1) is 17.2 Å². The van der Waals surface area contributed by atoms with Gasteiger partial charge in [0.25, 0.3) is 0 Å². The van der Waals surface area contributed by atoms with Crippen LogP contribution in [0.25, 0.3) is 11.0 Å². The van der Waals surface area contributed by atoms with E-state index in [-0.39, 0.29) is 0 Å². The van der Waals surface area contributed by atoms with E-state index in [1.807, 2.05) is 25.2 Å². The third-order valence-electron chi connectivity index (χ3n) is 3.27. The molecule has 0 bridgehead atoms. The van der Waals surface area contributed by atoms with Gasteiger partial charge >= 0.3 is 0 Å². The third-order valence-corrected chi connectivity index (χ3v) is 3.27. The predicted octanol–water partition coefficient (Wildman–Crippen LogP) is 2.40. The molecule has 0 amide bonds. The Morgan fingerprint density at radius 1 is 1.50 bits per heavy atom. The lowest BCUT2D eigenvalue weighted by Gasteiger charge is -2.00. The molecule has 3 rings (SSSR count). The van der Waals surface area contributed by atoms with Gasteiger partial charge in [-0.1, -0.05) is 0 Å². The van der Waals surface area contributed by atoms with E-state index in [1.54, 1.807) is 0 Å². The highest BCUT2D eigenvalue weighted by Gasteiger charge is 2.24. The lowest BCUT2D eigenvalue weighted by Crippen LogP contribution is -1.98. The maximum atomic E-state index is 8.87. The van der Waals surface area contributed by atoms with Gasteiger partial charge in [0.1, 0.15) is 5.82 Å². The van der Waals surface area contributed by atoms with Crippen molar-refractivity contribution in [2.24, 2.45) is 13.0 Å². The Balaban J connectivity index is 2.10. The average Bonchev–Trinajstić information content (AvgIpc) is 3.06. The van der Waals surface area contributed by atoms with Gasteiger partial charge < -0.3 is 4.57 Å². The second-order valence-corrected chi connectivity index (χ2v) is 4.55. The van der Waals surface area contributed by atoms with Gasteiger partial charge in [0.2, 0.25) is 0 Å². The summed E-state index contributed by atoms with van der Waals surface area (Å²) >= 11 is 0. The molecule has 0 N–H and O–H groups in total. The number of benzene rings is 1. The second kappa shape index (κ2) is 3.34. The number of hydrogen-bond acceptors (Lipinski definition) is 2. The molecule has 0 aliphatic heterocycles. The smallest absolute Gasteiger partial charge is 0.109 e. The summed E-state index contributed by atoms with van der Waals surface area (Å²) in [4.78, 5) is 4.62. The van der Waals surface area contributed by atoms with E-state index in [1.165, 1.54) is 12.8 Å². The van der Waals surface area contributed by atoms with Crippen LogP contribution in [-0.4, -0.2) is 9.55 Å². The van der Waals surface area contributed by atoms with Gasteiger partial charge in [0.05, 0.1) is 22.7 Å². The van der Waals surface area contributed by atoms with Crippen LogP contribution in [0.4, 0.5) is 0 Å². The van der Waals surface area contributed by atoms with Crippen molar-refractivity contribution in [3.63, 3.8) is 0 Å². The Morgan fingerprint density at radius 2 is 2.31 bits per heavy atom. The summed E-state index contributed by atoms with van der Waals surface area (Å²) in [5, 5.41) is 8.87. The van der Waals surface area contributed by atoms with Crippen LogP contribution in [0.1, 0.15) is 24.2 Å². The monoisotopic (exact) mass is 211 g/mol. The molecular weight excluding hydrogens is 198 g/mol. The quantitative estimate of drug-likeness (QED) is 0.765. The van der Waals surface area contributed by atoms with Crippen LogP contribution in [-0.2, 0) is 13.5 Å². The average molecular weight is 211 g/mol. The number of aromatic nitrogens is 2. The van der Waals surface area contributed by atoms with Crippen molar-refractivity contribution in [2.45, 2.75) is 19.3 Å². The Labute approximate surface area is 94.3 Å². The van der Waals surface area contributed by atoms with E-state index in [0.717, 1.165) is 29.2 Å². The Kier molecular flexibility index (Phi) is 1.97. The summed E-state index contributed by atoms with van der Waals surface area (Å²) in [6.45, 7) is 0. The largest absolute Gasteiger partial charge is 0.331 e. The number of nitrogens with zero attached hydrogens (tertiary/aromatic N) is 3. The molecule has 2 aromatic rings. The van der Waals surface area contributed by atoms with Crippen LogP contribution in [0.15, 0.2) is 18.2 Å². The number of imidazole rings is 1. The van der Waals surface area contributed by atoms with Crippen molar-refractivity contribution in [1.82, 2.24) is 9.55 Å². The number of nitriles is 1. The van der Waals surface area contributed by atoms with Gasteiger partial charge in [-0.3, -0.25) is 0 Å². The van der Waals surface area contributed by atoms with Gasteiger partial charge in [0.15, 0.2) is 0 Å². The summed E-state index contributed by atoms with van der Waals surface area (Å²) in [5.41, 5.74) is 2.76.